The van der Waals surface area contributed by atoms with E-state index in [-0.39, 0.29) is 18.4 Å². The lowest BCUT2D eigenvalue weighted by molar-refractivity contribution is 0.0695. The lowest BCUT2D eigenvalue weighted by atomic mass is 9.86. The molecule has 1 aromatic carbocycles. The molecule has 3 heteroatoms. The van der Waals surface area contributed by atoms with Crippen molar-refractivity contribution in [3.05, 3.63) is 34.9 Å². The highest BCUT2D eigenvalue weighted by Gasteiger charge is 2.19. The van der Waals surface area contributed by atoms with Gasteiger partial charge in [-0.1, -0.05) is 32.9 Å². The number of carboxylic acid groups (broad SMARTS) is 1. The van der Waals surface area contributed by atoms with Crippen LogP contribution >= 0.6 is 0 Å². The Kier molecular flexibility index (Phi) is 4.07. The van der Waals surface area contributed by atoms with Crippen molar-refractivity contribution in [3.63, 3.8) is 0 Å². The normalized spacial score (nSPS) is 12.8. The number of aliphatic hydroxyl groups excluding tert-OH is 1. The van der Waals surface area contributed by atoms with Gasteiger partial charge in [0.2, 0.25) is 0 Å². The minimum Gasteiger partial charge on any atom is -0.478 e. The Labute approximate surface area is 95.7 Å². The summed E-state index contributed by atoms with van der Waals surface area (Å²) in [4.78, 5) is 11.1. The maximum absolute atomic E-state index is 11.1. The van der Waals surface area contributed by atoms with E-state index in [9.17, 15) is 9.90 Å². The van der Waals surface area contributed by atoms with Crippen LogP contribution in [0.25, 0.3) is 0 Å². The molecule has 1 unspecified atom stereocenters. The van der Waals surface area contributed by atoms with Crippen LogP contribution in [0.2, 0.25) is 0 Å². The monoisotopic (exact) mass is 222 g/mol. The smallest absolute Gasteiger partial charge is 0.335 e. The molecule has 0 bridgehead atoms. The third kappa shape index (κ3) is 2.42. The predicted molar refractivity (Wildman–Crippen MR) is 63.0 cm³/mol. The maximum Gasteiger partial charge on any atom is 0.335 e. The molecule has 0 aliphatic heterocycles. The summed E-state index contributed by atoms with van der Waals surface area (Å²) in [5.74, 6) is -0.802. The van der Waals surface area contributed by atoms with Gasteiger partial charge in [0, 0.05) is 12.5 Å². The van der Waals surface area contributed by atoms with Gasteiger partial charge in [-0.25, -0.2) is 4.79 Å². The first-order valence-electron chi connectivity index (χ1n) is 5.46. The number of aliphatic hydroxyl groups is 1. The average molecular weight is 222 g/mol. The van der Waals surface area contributed by atoms with Crippen LogP contribution in [-0.2, 0) is 0 Å². The Bertz CT molecular complexity index is 383. The summed E-state index contributed by atoms with van der Waals surface area (Å²) in [7, 11) is 0. The van der Waals surface area contributed by atoms with Gasteiger partial charge in [-0.3, -0.25) is 0 Å². The highest BCUT2D eigenvalue weighted by Crippen LogP contribution is 2.29. The number of benzene rings is 1. The Morgan fingerprint density at radius 2 is 1.94 bits per heavy atom. The van der Waals surface area contributed by atoms with Gasteiger partial charge in [-0.2, -0.15) is 0 Å². The van der Waals surface area contributed by atoms with Crippen LogP contribution < -0.4 is 0 Å². The molecule has 0 aromatic heterocycles. The summed E-state index contributed by atoms with van der Waals surface area (Å²) in [5.41, 5.74) is 2.10. The molecule has 0 amide bonds. The van der Waals surface area contributed by atoms with Crippen molar-refractivity contribution in [3.8, 4) is 0 Å². The fourth-order valence-electron chi connectivity index (χ4n) is 1.94. The summed E-state index contributed by atoms with van der Waals surface area (Å²) >= 11 is 0. The van der Waals surface area contributed by atoms with Crippen molar-refractivity contribution in [2.45, 2.75) is 32.6 Å². The molecule has 2 N–H and O–H groups in total. The molecule has 0 radical (unpaired) electrons. The molecule has 0 spiro atoms. The van der Waals surface area contributed by atoms with E-state index in [1.807, 2.05) is 26.8 Å². The minimum absolute atomic E-state index is 0.0305. The van der Waals surface area contributed by atoms with E-state index in [2.05, 4.69) is 0 Å². The molecule has 0 aliphatic carbocycles. The van der Waals surface area contributed by atoms with E-state index in [1.54, 1.807) is 12.1 Å². The molecule has 0 saturated carbocycles. The van der Waals surface area contributed by atoms with E-state index < -0.39 is 5.97 Å². The van der Waals surface area contributed by atoms with Gasteiger partial charge in [0.1, 0.15) is 0 Å². The second-order valence-electron chi connectivity index (χ2n) is 4.35. The van der Waals surface area contributed by atoms with Crippen molar-refractivity contribution in [1.29, 1.82) is 0 Å². The average Bonchev–Trinajstić information content (AvgIpc) is 2.26. The first kappa shape index (κ1) is 12.7. The van der Waals surface area contributed by atoms with Crippen molar-refractivity contribution in [2.75, 3.05) is 6.61 Å². The number of aromatic carboxylic acids is 1. The standard InChI is InChI=1S/C13H18O3/c1-8(2)12-10(9(3)7-14)5-4-6-11(12)13(15)16/h4-6,8-9,14H,7H2,1-3H3,(H,15,16). The molecule has 1 rings (SSSR count). The second kappa shape index (κ2) is 5.12. The van der Waals surface area contributed by atoms with Gasteiger partial charge in [0.25, 0.3) is 0 Å². The highest BCUT2D eigenvalue weighted by atomic mass is 16.4. The van der Waals surface area contributed by atoms with Crippen molar-refractivity contribution in [1.82, 2.24) is 0 Å². The SMILES string of the molecule is CC(C)c1c(C(=O)O)cccc1C(C)CO. The molecular formula is C13H18O3. The summed E-state index contributed by atoms with van der Waals surface area (Å²) < 4.78 is 0. The van der Waals surface area contributed by atoms with Gasteiger partial charge in [0.15, 0.2) is 0 Å². The molecule has 0 fully saturated rings. The Hall–Kier alpha value is -1.35. The van der Waals surface area contributed by atoms with Crippen molar-refractivity contribution < 1.29 is 15.0 Å². The zero-order valence-electron chi connectivity index (χ0n) is 9.90. The fourth-order valence-corrected chi connectivity index (χ4v) is 1.94. The van der Waals surface area contributed by atoms with Crippen LogP contribution in [0.5, 0.6) is 0 Å². The van der Waals surface area contributed by atoms with Gasteiger partial charge in [-0.15, -0.1) is 0 Å². The maximum atomic E-state index is 11.1. The molecule has 1 atom stereocenters. The van der Waals surface area contributed by atoms with Crippen molar-refractivity contribution in [2.24, 2.45) is 0 Å². The van der Waals surface area contributed by atoms with Crippen LogP contribution in [0.1, 0.15) is 54.1 Å². The van der Waals surface area contributed by atoms with Crippen LogP contribution in [0, 0.1) is 0 Å². The zero-order valence-corrected chi connectivity index (χ0v) is 9.90. The van der Waals surface area contributed by atoms with Crippen LogP contribution in [0.3, 0.4) is 0 Å². The summed E-state index contributed by atoms with van der Waals surface area (Å²) in [5, 5.41) is 18.3. The molecule has 0 saturated heterocycles. The van der Waals surface area contributed by atoms with E-state index in [1.165, 1.54) is 0 Å². The Morgan fingerprint density at radius 1 is 1.31 bits per heavy atom. The van der Waals surface area contributed by atoms with Crippen LogP contribution in [-0.4, -0.2) is 22.8 Å². The molecule has 0 heterocycles. The quantitative estimate of drug-likeness (QED) is 0.823. The Morgan fingerprint density at radius 3 is 2.38 bits per heavy atom. The first-order valence-corrected chi connectivity index (χ1v) is 5.46. The molecule has 88 valence electrons. The predicted octanol–water partition coefficient (Wildman–Crippen LogP) is 2.60. The molecule has 1 aromatic rings. The summed E-state index contributed by atoms with van der Waals surface area (Å²) in [6.07, 6.45) is 0. The van der Waals surface area contributed by atoms with E-state index >= 15 is 0 Å². The number of hydrogen-bond acceptors (Lipinski definition) is 2. The number of hydrogen-bond donors (Lipinski definition) is 2. The van der Waals surface area contributed by atoms with Gasteiger partial charge < -0.3 is 10.2 Å². The van der Waals surface area contributed by atoms with Crippen LogP contribution in [0.4, 0.5) is 0 Å². The number of carbonyl (C=O) groups is 1. The minimum atomic E-state index is -0.907. The largest absolute Gasteiger partial charge is 0.478 e. The first-order chi connectivity index (χ1) is 7.49. The second-order valence-corrected chi connectivity index (χ2v) is 4.35. The lowest BCUT2D eigenvalue weighted by Crippen LogP contribution is -2.11. The van der Waals surface area contributed by atoms with E-state index in [0.717, 1.165) is 11.1 Å². The van der Waals surface area contributed by atoms with Crippen molar-refractivity contribution >= 4 is 5.97 Å². The van der Waals surface area contributed by atoms with E-state index in [0.29, 0.717) is 5.56 Å². The number of carboxylic acids is 1. The topological polar surface area (TPSA) is 57.5 Å². The van der Waals surface area contributed by atoms with E-state index in [4.69, 9.17) is 5.11 Å². The molecular weight excluding hydrogens is 204 g/mol. The summed E-state index contributed by atoms with van der Waals surface area (Å²) in [6, 6.07) is 5.24. The summed E-state index contributed by atoms with van der Waals surface area (Å²) in [6.45, 7) is 5.86. The highest BCUT2D eigenvalue weighted by molar-refractivity contribution is 5.90. The van der Waals surface area contributed by atoms with Crippen LogP contribution in [0.15, 0.2) is 18.2 Å². The lowest BCUT2D eigenvalue weighted by Gasteiger charge is -2.19. The number of rotatable bonds is 4. The van der Waals surface area contributed by atoms with Gasteiger partial charge >= 0.3 is 5.97 Å². The molecule has 16 heavy (non-hydrogen) atoms. The van der Waals surface area contributed by atoms with Gasteiger partial charge in [-0.05, 0) is 23.1 Å². The van der Waals surface area contributed by atoms with Gasteiger partial charge in [0.05, 0.1) is 5.56 Å². The molecule has 0 aliphatic rings. The zero-order chi connectivity index (χ0) is 12.3. The fraction of sp³-hybridized carbons (Fsp3) is 0.462. The Balaban J connectivity index is 3.38. The third-order valence-electron chi connectivity index (χ3n) is 2.75. The molecule has 3 nitrogen and oxygen atoms in total. The third-order valence-corrected chi connectivity index (χ3v) is 2.75.